The Morgan fingerprint density at radius 3 is 2.90 bits per heavy atom. The van der Waals surface area contributed by atoms with E-state index in [1.54, 1.807) is 12.1 Å². The number of carbonyl (C=O) groups excluding carboxylic acids is 1. The van der Waals surface area contributed by atoms with Crippen LogP contribution in [-0.2, 0) is 9.53 Å². The highest BCUT2D eigenvalue weighted by Crippen LogP contribution is 2.14. The number of anilines is 1. The molecule has 0 spiro atoms. The number of nitrogens with one attached hydrogen (secondary N) is 2. The molecule has 2 N–H and O–H groups in total. The minimum absolute atomic E-state index is 0.0638. The first-order valence-corrected chi connectivity index (χ1v) is 7.60. The summed E-state index contributed by atoms with van der Waals surface area (Å²) >= 11 is 5.88. The molecular formula is C15H22ClN3O2. The quantitative estimate of drug-likeness (QED) is 0.838. The summed E-state index contributed by atoms with van der Waals surface area (Å²) < 4.78 is 5.32. The van der Waals surface area contributed by atoms with Crippen molar-refractivity contribution >= 4 is 23.2 Å². The number of morpholine rings is 1. The minimum Gasteiger partial charge on any atom is -0.379 e. The Morgan fingerprint density at radius 1 is 1.43 bits per heavy atom. The maximum atomic E-state index is 11.9. The first kappa shape index (κ1) is 16.2. The van der Waals surface area contributed by atoms with Crippen LogP contribution in [0.3, 0.4) is 0 Å². The van der Waals surface area contributed by atoms with Crippen LogP contribution in [0.5, 0.6) is 0 Å². The summed E-state index contributed by atoms with van der Waals surface area (Å²) in [5, 5.41) is 6.67. The van der Waals surface area contributed by atoms with E-state index >= 15 is 0 Å². The SMILES string of the molecule is CC(CN1CCOCC1)NCC(=O)Nc1cccc(Cl)c1. The molecule has 0 radical (unpaired) electrons. The van der Waals surface area contributed by atoms with Gasteiger partial charge in [0, 0.05) is 36.4 Å². The second kappa shape index (κ2) is 8.34. The van der Waals surface area contributed by atoms with Crippen LogP contribution in [0.2, 0.25) is 5.02 Å². The van der Waals surface area contributed by atoms with E-state index in [2.05, 4.69) is 22.5 Å². The van der Waals surface area contributed by atoms with E-state index in [1.165, 1.54) is 0 Å². The van der Waals surface area contributed by atoms with Crippen LogP contribution in [0.1, 0.15) is 6.92 Å². The van der Waals surface area contributed by atoms with Crippen LogP contribution in [0, 0.1) is 0 Å². The Hall–Kier alpha value is -1.14. The average Bonchev–Trinajstić information content (AvgIpc) is 2.46. The molecule has 1 fully saturated rings. The van der Waals surface area contributed by atoms with Gasteiger partial charge in [-0.3, -0.25) is 9.69 Å². The predicted octanol–water partition coefficient (Wildman–Crippen LogP) is 1.59. The summed E-state index contributed by atoms with van der Waals surface area (Å²) in [7, 11) is 0. The Bertz CT molecular complexity index is 464. The number of hydrogen-bond acceptors (Lipinski definition) is 4. The largest absolute Gasteiger partial charge is 0.379 e. The molecular weight excluding hydrogens is 290 g/mol. The molecule has 6 heteroatoms. The number of benzene rings is 1. The maximum Gasteiger partial charge on any atom is 0.238 e. The average molecular weight is 312 g/mol. The summed E-state index contributed by atoms with van der Waals surface area (Å²) in [6, 6.07) is 7.40. The fraction of sp³-hybridized carbons (Fsp3) is 0.533. The third-order valence-electron chi connectivity index (χ3n) is 3.36. The highest BCUT2D eigenvalue weighted by Gasteiger charge is 2.14. The zero-order chi connectivity index (χ0) is 15.1. The van der Waals surface area contributed by atoms with Gasteiger partial charge in [0.1, 0.15) is 0 Å². The van der Waals surface area contributed by atoms with Crippen molar-refractivity contribution in [3.8, 4) is 0 Å². The number of halogens is 1. The molecule has 116 valence electrons. The molecule has 0 aromatic heterocycles. The lowest BCUT2D eigenvalue weighted by molar-refractivity contribution is -0.115. The van der Waals surface area contributed by atoms with Gasteiger partial charge in [0.05, 0.1) is 19.8 Å². The van der Waals surface area contributed by atoms with Gasteiger partial charge in [-0.2, -0.15) is 0 Å². The maximum absolute atomic E-state index is 11.9. The number of hydrogen-bond donors (Lipinski definition) is 2. The lowest BCUT2D eigenvalue weighted by atomic mass is 10.2. The summed E-state index contributed by atoms with van der Waals surface area (Å²) in [6.07, 6.45) is 0. The molecule has 2 rings (SSSR count). The van der Waals surface area contributed by atoms with Crippen LogP contribution in [-0.4, -0.2) is 56.2 Å². The van der Waals surface area contributed by atoms with E-state index in [-0.39, 0.29) is 18.5 Å². The topological polar surface area (TPSA) is 53.6 Å². The molecule has 1 aliphatic rings. The van der Waals surface area contributed by atoms with Crippen molar-refractivity contribution in [2.45, 2.75) is 13.0 Å². The van der Waals surface area contributed by atoms with Gasteiger partial charge in [0.15, 0.2) is 0 Å². The second-order valence-corrected chi connectivity index (χ2v) is 5.69. The Balaban J connectivity index is 1.68. The summed E-state index contributed by atoms with van der Waals surface area (Å²) in [5.41, 5.74) is 0.718. The Labute approximate surface area is 130 Å². The van der Waals surface area contributed by atoms with Gasteiger partial charge in [-0.05, 0) is 25.1 Å². The number of carbonyl (C=O) groups is 1. The van der Waals surface area contributed by atoms with E-state index in [0.717, 1.165) is 38.5 Å². The van der Waals surface area contributed by atoms with Crippen molar-refractivity contribution in [1.29, 1.82) is 0 Å². The smallest absolute Gasteiger partial charge is 0.238 e. The zero-order valence-electron chi connectivity index (χ0n) is 12.3. The number of nitrogens with zero attached hydrogens (tertiary/aromatic N) is 1. The van der Waals surface area contributed by atoms with Crippen molar-refractivity contribution < 1.29 is 9.53 Å². The molecule has 1 atom stereocenters. The molecule has 5 nitrogen and oxygen atoms in total. The van der Waals surface area contributed by atoms with Gasteiger partial charge < -0.3 is 15.4 Å². The molecule has 1 heterocycles. The van der Waals surface area contributed by atoms with Gasteiger partial charge in [0.2, 0.25) is 5.91 Å². The van der Waals surface area contributed by atoms with Crippen LogP contribution in [0.4, 0.5) is 5.69 Å². The summed E-state index contributed by atoms with van der Waals surface area (Å²) in [5.74, 6) is -0.0638. The number of rotatable bonds is 6. The van der Waals surface area contributed by atoms with E-state index in [1.807, 2.05) is 12.1 Å². The molecule has 1 aromatic rings. The van der Waals surface area contributed by atoms with Crippen molar-refractivity contribution in [1.82, 2.24) is 10.2 Å². The molecule has 1 amide bonds. The van der Waals surface area contributed by atoms with Gasteiger partial charge >= 0.3 is 0 Å². The number of ether oxygens (including phenoxy) is 1. The van der Waals surface area contributed by atoms with Crippen molar-refractivity contribution in [2.75, 3.05) is 44.7 Å². The normalized spacial score (nSPS) is 17.4. The molecule has 1 unspecified atom stereocenters. The van der Waals surface area contributed by atoms with E-state index in [4.69, 9.17) is 16.3 Å². The van der Waals surface area contributed by atoms with Crippen LogP contribution >= 0.6 is 11.6 Å². The van der Waals surface area contributed by atoms with E-state index in [9.17, 15) is 4.79 Å². The molecule has 0 saturated carbocycles. The summed E-state index contributed by atoms with van der Waals surface area (Å²) in [6.45, 7) is 6.80. The van der Waals surface area contributed by atoms with Crippen LogP contribution in [0.25, 0.3) is 0 Å². The van der Waals surface area contributed by atoms with Gasteiger partial charge in [-0.25, -0.2) is 0 Å². The Morgan fingerprint density at radius 2 is 2.19 bits per heavy atom. The lowest BCUT2D eigenvalue weighted by Gasteiger charge is -2.29. The van der Waals surface area contributed by atoms with Gasteiger partial charge in [0.25, 0.3) is 0 Å². The third kappa shape index (κ3) is 6.01. The van der Waals surface area contributed by atoms with Crippen molar-refractivity contribution in [3.63, 3.8) is 0 Å². The Kier molecular flexibility index (Phi) is 6.45. The molecule has 0 bridgehead atoms. The standard InChI is InChI=1S/C15H22ClN3O2/c1-12(11-19-5-7-21-8-6-19)17-10-15(20)18-14-4-2-3-13(16)9-14/h2-4,9,12,17H,5-8,10-11H2,1H3,(H,18,20). The van der Waals surface area contributed by atoms with E-state index < -0.39 is 0 Å². The van der Waals surface area contributed by atoms with Gasteiger partial charge in [-0.1, -0.05) is 17.7 Å². The third-order valence-corrected chi connectivity index (χ3v) is 3.59. The van der Waals surface area contributed by atoms with E-state index in [0.29, 0.717) is 5.02 Å². The fourth-order valence-corrected chi connectivity index (χ4v) is 2.46. The first-order valence-electron chi connectivity index (χ1n) is 7.22. The fourth-order valence-electron chi connectivity index (χ4n) is 2.27. The summed E-state index contributed by atoms with van der Waals surface area (Å²) in [4.78, 5) is 14.2. The van der Waals surface area contributed by atoms with Crippen LogP contribution in [0.15, 0.2) is 24.3 Å². The van der Waals surface area contributed by atoms with Crippen molar-refractivity contribution in [3.05, 3.63) is 29.3 Å². The first-order chi connectivity index (χ1) is 10.1. The molecule has 1 aliphatic heterocycles. The highest BCUT2D eigenvalue weighted by atomic mass is 35.5. The predicted molar refractivity (Wildman–Crippen MR) is 84.8 cm³/mol. The molecule has 0 aliphatic carbocycles. The minimum atomic E-state index is -0.0638. The molecule has 1 aromatic carbocycles. The lowest BCUT2D eigenvalue weighted by Crippen LogP contribution is -2.46. The second-order valence-electron chi connectivity index (χ2n) is 5.25. The molecule has 21 heavy (non-hydrogen) atoms. The molecule has 1 saturated heterocycles. The monoisotopic (exact) mass is 311 g/mol. The van der Waals surface area contributed by atoms with Gasteiger partial charge in [-0.15, -0.1) is 0 Å². The van der Waals surface area contributed by atoms with Crippen LogP contribution < -0.4 is 10.6 Å². The van der Waals surface area contributed by atoms with Crippen molar-refractivity contribution in [2.24, 2.45) is 0 Å². The number of amides is 1. The zero-order valence-corrected chi connectivity index (χ0v) is 13.0. The highest BCUT2D eigenvalue weighted by molar-refractivity contribution is 6.30.